The van der Waals surface area contributed by atoms with Crippen LogP contribution in [0.3, 0.4) is 0 Å². The van der Waals surface area contributed by atoms with E-state index in [0.717, 1.165) is 24.1 Å². The Bertz CT molecular complexity index is 1110. The van der Waals surface area contributed by atoms with Crippen molar-refractivity contribution in [2.75, 3.05) is 16.8 Å². The summed E-state index contributed by atoms with van der Waals surface area (Å²) in [5.74, 6) is -2.00. The zero-order valence-corrected chi connectivity index (χ0v) is 18.5. The molecule has 3 aliphatic rings. The lowest BCUT2D eigenvalue weighted by molar-refractivity contribution is -0.141. The van der Waals surface area contributed by atoms with Crippen LogP contribution < -0.4 is 10.2 Å². The lowest BCUT2D eigenvalue weighted by atomic mass is 9.88. The molecule has 3 heterocycles. The molecule has 0 aromatic heterocycles. The van der Waals surface area contributed by atoms with E-state index in [1.165, 1.54) is 4.90 Å². The number of amides is 3. The highest BCUT2D eigenvalue weighted by Crippen LogP contribution is 2.48. The van der Waals surface area contributed by atoms with Crippen LogP contribution in [0.15, 0.2) is 54.6 Å². The Balaban J connectivity index is 1.55. The summed E-state index contributed by atoms with van der Waals surface area (Å²) in [4.78, 5) is 43.7. The first kappa shape index (κ1) is 20.8. The summed E-state index contributed by atoms with van der Waals surface area (Å²) in [6, 6.07) is 13.5. The molecule has 7 heteroatoms. The van der Waals surface area contributed by atoms with Crippen molar-refractivity contribution in [2.45, 2.75) is 31.8 Å². The minimum atomic E-state index is -0.783. The fourth-order valence-electron chi connectivity index (χ4n) is 5.16. The number of benzene rings is 2. The fourth-order valence-corrected chi connectivity index (χ4v) is 5.29. The molecule has 2 aromatic carbocycles. The van der Waals surface area contributed by atoms with Gasteiger partial charge in [-0.25, -0.2) is 0 Å². The molecule has 5 rings (SSSR count). The number of nitrogens with zero attached hydrogens (tertiary/aromatic N) is 2. The number of fused-ring (bicyclic) bond motifs is 5. The second-order valence-electron chi connectivity index (χ2n) is 8.49. The molecular weight excluding hydrogens is 426 g/mol. The van der Waals surface area contributed by atoms with Gasteiger partial charge in [-0.1, -0.05) is 55.3 Å². The SMILES string of the molecule is CCCCN1C(=O)[C@@H]2[C@H](C1=O)[C@@H]1C=Cc3ccccc3N1[C@@H]2C(=O)Nc1ccc(Cl)cc1. The van der Waals surface area contributed by atoms with Crippen molar-refractivity contribution in [3.8, 4) is 0 Å². The van der Waals surface area contributed by atoms with Crippen LogP contribution in [0.2, 0.25) is 5.02 Å². The van der Waals surface area contributed by atoms with Crippen molar-refractivity contribution >= 4 is 46.8 Å². The molecule has 32 heavy (non-hydrogen) atoms. The van der Waals surface area contributed by atoms with Crippen molar-refractivity contribution in [2.24, 2.45) is 11.8 Å². The third-order valence-corrected chi connectivity index (χ3v) is 6.87. The Hall–Kier alpha value is -3.12. The van der Waals surface area contributed by atoms with Crippen molar-refractivity contribution in [3.05, 3.63) is 65.2 Å². The lowest BCUT2D eigenvalue weighted by Crippen LogP contribution is -2.50. The van der Waals surface area contributed by atoms with Crippen LogP contribution in [0.1, 0.15) is 25.3 Å². The number of para-hydroxylation sites is 1. The van der Waals surface area contributed by atoms with Crippen LogP contribution in [0, 0.1) is 11.8 Å². The first-order valence-corrected chi connectivity index (χ1v) is 11.4. The molecule has 2 aromatic rings. The minimum Gasteiger partial charge on any atom is -0.351 e. The largest absolute Gasteiger partial charge is 0.351 e. The third-order valence-electron chi connectivity index (χ3n) is 6.62. The second-order valence-corrected chi connectivity index (χ2v) is 8.93. The Labute approximate surface area is 191 Å². The molecule has 0 radical (unpaired) electrons. The van der Waals surface area contributed by atoms with Gasteiger partial charge in [-0.3, -0.25) is 19.3 Å². The van der Waals surface area contributed by atoms with Gasteiger partial charge in [0.1, 0.15) is 6.04 Å². The molecule has 6 nitrogen and oxygen atoms in total. The molecule has 3 aliphatic heterocycles. The summed E-state index contributed by atoms with van der Waals surface area (Å²) in [5.41, 5.74) is 2.43. The molecule has 4 atom stereocenters. The number of carbonyl (C=O) groups excluding carboxylic acids is 3. The molecule has 164 valence electrons. The average Bonchev–Trinajstić information content (AvgIpc) is 3.27. The van der Waals surface area contributed by atoms with Gasteiger partial charge in [-0.15, -0.1) is 0 Å². The number of imide groups is 1. The van der Waals surface area contributed by atoms with Crippen LogP contribution in [-0.2, 0) is 14.4 Å². The topological polar surface area (TPSA) is 69.7 Å². The van der Waals surface area contributed by atoms with Gasteiger partial charge < -0.3 is 10.2 Å². The summed E-state index contributed by atoms with van der Waals surface area (Å²) in [6.07, 6.45) is 5.59. The van der Waals surface area contributed by atoms with E-state index in [-0.39, 0.29) is 23.8 Å². The van der Waals surface area contributed by atoms with E-state index in [4.69, 9.17) is 11.6 Å². The summed E-state index contributed by atoms with van der Waals surface area (Å²) in [6.45, 7) is 2.43. The number of halogens is 1. The number of carbonyl (C=O) groups is 3. The quantitative estimate of drug-likeness (QED) is 0.701. The van der Waals surface area contributed by atoms with Crippen molar-refractivity contribution in [1.82, 2.24) is 4.90 Å². The number of nitrogens with one attached hydrogen (secondary N) is 1. The highest BCUT2D eigenvalue weighted by Gasteiger charge is 2.63. The van der Waals surface area contributed by atoms with Crippen molar-refractivity contribution < 1.29 is 14.4 Å². The molecule has 2 saturated heterocycles. The van der Waals surface area contributed by atoms with Crippen LogP contribution >= 0.6 is 11.6 Å². The number of hydrogen-bond donors (Lipinski definition) is 1. The van der Waals surface area contributed by atoms with Crippen LogP contribution in [0.5, 0.6) is 0 Å². The third kappa shape index (κ3) is 3.21. The summed E-state index contributed by atoms with van der Waals surface area (Å²) in [5, 5.41) is 3.51. The highest BCUT2D eigenvalue weighted by atomic mass is 35.5. The van der Waals surface area contributed by atoms with Gasteiger partial charge in [0.15, 0.2) is 0 Å². The zero-order valence-electron chi connectivity index (χ0n) is 17.7. The maximum absolute atomic E-state index is 13.6. The Morgan fingerprint density at radius 1 is 1.03 bits per heavy atom. The van der Waals surface area contributed by atoms with Crippen LogP contribution in [0.4, 0.5) is 11.4 Å². The lowest BCUT2D eigenvalue weighted by Gasteiger charge is -2.36. The molecule has 2 fully saturated rings. The van der Waals surface area contributed by atoms with E-state index in [2.05, 4.69) is 5.32 Å². The van der Waals surface area contributed by atoms with Crippen LogP contribution in [-0.4, -0.2) is 41.2 Å². The maximum Gasteiger partial charge on any atom is 0.247 e. The van der Waals surface area contributed by atoms with Gasteiger partial charge in [0.25, 0.3) is 0 Å². The van der Waals surface area contributed by atoms with Gasteiger partial charge >= 0.3 is 0 Å². The van der Waals surface area contributed by atoms with E-state index < -0.39 is 17.9 Å². The summed E-state index contributed by atoms with van der Waals surface area (Å²) < 4.78 is 0. The normalized spacial score (nSPS) is 25.6. The van der Waals surface area contributed by atoms with E-state index >= 15 is 0 Å². The van der Waals surface area contributed by atoms with E-state index in [1.807, 2.05) is 48.2 Å². The molecule has 3 amide bonds. The Morgan fingerprint density at radius 3 is 2.50 bits per heavy atom. The number of rotatable bonds is 5. The highest BCUT2D eigenvalue weighted by molar-refractivity contribution is 6.30. The zero-order chi connectivity index (χ0) is 22.4. The van der Waals surface area contributed by atoms with Crippen molar-refractivity contribution in [1.29, 1.82) is 0 Å². The van der Waals surface area contributed by atoms with Gasteiger partial charge in [0, 0.05) is 22.9 Å². The first-order valence-electron chi connectivity index (χ1n) is 11.0. The Kier molecular flexibility index (Phi) is 5.25. The van der Waals surface area contributed by atoms with E-state index in [1.54, 1.807) is 24.3 Å². The predicted octanol–water partition coefficient (Wildman–Crippen LogP) is 3.96. The maximum atomic E-state index is 13.6. The van der Waals surface area contributed by atoms with Gasteiger partial charge in [-0.2, -0.15) is 0 Å². The minimum absolute atomic E-state index is 0.172. The molecule has 0 saturated carbocycles. The number of anilines is 2. The summed E-state index contributed by atoms with van der Waals surface area (Å²) >= 11 is 5.97. The second kappa shape index (κ2) is 8.10. The predicted molar refractivity (Wildman–Crippen MR) is 124 cm³/mol. The van der Waals surface area contributed by atoms with Crippen molar-refractivity contribution in [3.63, 3.8) is 0 Å². The molecule has 1 N–H and O–H groups in total. The Morgan fingerprint density at radius 2 is 1.75 bits per heavy atom. The summed E-state index contributed by atoms with van der Waals surface area (Å²) in [7, 11) is 0. The fraction of sp³-hybridized carbons (Fsp3) is 0.320. The van der Waals surface area contributed by atoms with E-state index in [9.17, 15) is 14.4 Å². The molecule has 0 bridgehead atoms. The van der Waals surface area contributed by atoms with E-state index in [0.29, 0.717) is 17.3 Å². The monoisotopic (exact) mass is 449 g/mol. The molecule has 0 aliphatic carbocycles. The number of unbranched alkanes of at least 4 members (excludes halogenated alkanes) is 1. The number of likely N-dealkylation sites (tertiary alicyclic amines) is 1. The first-order chi connectivity index (χ1) is 15.5. The molecule has 0 unspecified atom stereocenters. The smallest absolute Gasteiger partial charge is 0.247 e. The van der Waals surface area contributed by atoms with Gasteiger partial charge in [0.2, 0.25) is 17.7 Å². The van der Waals surface area contributed by atoms with Crippen LogP contribution in [0.25, 0.3) is 6.08 Å². The molecular formula is C25H24ClN3O3. The molecule has 0 spiro atoms. The van der Waals surface area contributed by atoms with Gasteiger partial charge in [0.05, 0.1) is 17.9 Å². The standard InChI is InChI=1S/C25H24ClN3O3/c1-2-3-14-28-24(31)20-19-13-8-15-6-4-5-7-18(15)29(19)22(21(20)25(28)32)23(30)27-17-11-9-16(26)10-12-17/h4-13,19-22H,2-3,14H2,1H3,(H,27,30)/t19-,20+,21+,22-/m0/s1. The number of hydrogen-bond acceptors (Lipinski definition) is 4. The average molecular weight is 450 g/mol. The van der Waals surface area contributed by atoms with Gasteiger partial charge in [-0.05, 0) is 42.3 Å².